The molecule has 5 heteroatoms. The highest BCUT2D eigenvalue weighted by atomic mass is 16.2. The lowest BCUT2D eigenvalue weighted by atomic mass is 10.1. The Kier molecular flexibility index (Phi) is 5.51. The summed E-state index contributed by atoms with van der Waals surface area (Å²) in [7, 11) is 1.82. The lowest BCUT2D eigenvalue weighted by Gasteiger charge is -2.16. The van der Waals surface area contributed by atoms with Crippen molar-refractivity contribution in [1.29, 1.82) is 0 Å². The van der Waals surface area contributed by atoms with Gasteiger partial charge in [0, 0.05) is 38.3 Å². The van der Waals surface area contributed by atoms with Gasteiger partial charge in [-0.15, -0.1) is 0 Å². The first-order valence-electron chi connectivity index (χ1n) is 7.22. The molecule has 2 N–H and O–H groups in total. The number of carbonyl (C=O) groups excluding carboxylic acids is 1. The predicted molar refractivity (Wildman–Crippen MR) is 83.6 cm³/mol. The first-order chi connectivity index (χ1) is 10.2. The molecule has 1 amide bonds. The van der Waals surface area contributed by atoms with Gasteiger partial charge in [0.05, 0.1) is 6.20 Å². The normalized spacial score (nSPS) is 10.6. The minimum atomic E-state index is 0.125. The molecule has 0 spiro atoms. The number of aryl methyl sites for hydroxylation is 1. The van der Waals surface area contributed by atoms with Crippen LogP contribution in [0.4, 0.5) is 0 Å². The Bertz CT molecular complexity index is 565. The van der Waals surface area contributed by atoms with E-state index in [1.807, 2.05) is 54.5 Å². The minimum absolute atomic E-state index is 0.125. The van der Waals surface area contributed by atoms with Crippen LogP contribution in [0, 0.1) is 0 Å². The van der Waals surface area contributed by atoms with Crippen LogP contribution in [-0.4, -0.2) is 40.7 Å². The van der Waals surface area contributed by atoms with Crippen molar-refractivity contribution < 1.29 is 4.79 Å². The molecular weight excluding hydrogens is 264 g/mol. The van der Waals surface area contributed by atoms with Gasteiger partial charge in [0.1, 0.15) is 0 Å². The highest BCUT2D eigenvalue weighted by Gasteiger charge is 2.09. The van der Waals surface area contributed by atoms with Crippen LogP contribution in [0.25, 0.3) is 11.1 Å². The number of aromatic nitrogens is 2. The van der Waals surface area contributed by atoms with E-state index < -0.39 is 0 Å². The van der Waals surface area contributed by atoms with E-state index in [0.717, 1.165) is 17.5 Å². The van der Waals surface area contributed by atoms with Gasteiger partial charge < -0.3 is 10.6 Å². The average Bonchev–Trinajstić information content (AvgIpc) is 3.00. The lowest BCUT2D eigenvalue weighted by Crippen LogP contribution is -2.29. The molecule has 0 radical (unpaired) electrons. The SMILES string of the molecule is CN(CCCN)C(=O)CCn1cc(-c2ccccc2)cn1. The molecule has 0 bridgehead atoms. The maximum Gasteiger partial charge on any atom is 0.224 e. The third-order valence-electron chi connectivity index (χ3n) is 3.42. The second-order valence-corrected chi connectivity index (χ2v) is 5.07. The maximum atomic E-state index is 11.9. The summed E-state index contributed by atoms with van der Waals surface area (Å²) in [6.07, 6.45) is 5.10. The molecule has 21 heavy (non-hydrogen) atoms. The van der Waals surface area contributed by atoms with Gasteiger partial charge in [-0.3, -0.25) is 9.48 Å². The summed E-state index contributed by atoms with van der Waals surface area (Å²) in [5, 5.41) is 4.31. The molecule has 0 aliphatic heterocycles. The zero-order chi connectivity index (χ0) is 15.1. The number of benzene rings is 1. The molecule has 112 valence electrons. The van der Waals surface area contributed by atoms with E-state index in [9.17, 15) is 4.79 Å². The van der Waals surface area contributed by atoms with Crippen LogP contribution in [0.5, 0.6) is 0 Å². The molecule has 0 aliphatic rings. The topological polar surface area (TPSA) is 64.2 Å². The van der Waals surface area contributed by atoms with Crippen LogP contribution in [0.1, 0.15) is 12.8 Å². The largest absolute Gasteiger partial charge is 0.346 e. The van der Waals surface area contributed by atoms with Gasteiger partial charge in [0.25, 0.3) is 0 Å². The number of carbonyl (C=O) groups is 1. The lowest BCUT2D eigenvalue weighted by molar-refractivity contribution is -0.130. The zero-order valence-corrected chi connectivity index (χ0v) is 12.4. The molecule has 0 fully saturated rings. The number of amides is 1. The van der Waals surface area contributed by atoms with Crippen molar-refractivity contribution in [1.82, 2.24) is 14.7 Å². The van der Waals surface area contributed by atoms with Gasteiger partial charge in [-0.2, -0.15) is 5.10 Å². The second kappa shape index (κ2) is 7.59. The molecular formula is C16H22N4O. The Labute approximate surface area is 125 Å². The molecule has 0 aliphatic carbocycles. The zero-order valence-electron chi connectivity index (χ0n) is 12.4. The summed E-state index contributed by atoms with van der Waals surface area (Å²) in [6, 6.07) is 10.1. The summed E-state index contributed by atoms with van der Waals surface area (Å²) in [6.45, 7) is 1.92. The summed E-state index contributed by atoms with van der Waals surface area (Å²) >= 11 is 0. The van der Waals surface area contributed by atoms with E-state index in [4.69, 9.17) is 5.73 Å². The van der Waals surface area contributed by atoms with Crippen LogP contribution >= 0.6 is 0 Å². The Morgan fingerprint density at radius 2 is 2.05 bits per heavy atom. The number of hydrogen-bond donors (Lipinski definition) is 1. The van der Waals surface area contributed by atoms with E-state index in [0.29, 0.717) is 26.1 Å². The monoisotopic (exact) mass is 286 g/mol. The fraction of sp³-hybridized carbons (Fsp3) is 0.375. The van der Waals surface area contributed by atoms with Gasteiger partial charge in [0.15, 0.2) is 0 Å². The van der Waals surface area contributed by atoms with E-state index in [2.05, 4.69) is 5.10 Å². The van der Waals surface area contributed by atoms with E-state index in [-0.39, 0.29) is 5.91 Å². The van der Waals surface area contributed by atoms with Crippen molar-refractivity contribution in [3.05, 3.63) is 42.7 Å². The van der Waals surface area contributed by atoms with Gasteiger partial charge >= 0.3 is 0 Å². The van der Waals surface area contributed by atoms with Crippen molar-refractivity contribution in [2.24, 2.45) is 5.73 Å². The number of nitrogens with zero attached hydrogens (tertiary/aromatic N) is 3. The Morgan fingerprint density at radius 3 is 2.76 bits per heavy atom. The van der Waals surface area contributed by atoms with Crippen LogP contribution in [0.15, 0.2) is 42.7 Å². The molecule has 2 rings (SSSR count). The third kappa shape index (κ3) is 4.43. The average molecular weight is 286 g/mol. The third-order valence-corrected chi connectivity index (χ3v) is 3.42. The fourth-order valence-corrected chi connectivity index (χ4v) is 2.12. The van der Waals surface area contributed by atoms with E-state index in [1.54, 1.807) is 4.90 Å². The Morgan fingerprint density at radius 1 is 1.29 bits per heavy atom. The molecule has 0 atom stereocenters. The van der Waals surface area contributed by atoms with Crippen molar-refractivity contribution in [3.8, 4) is 11.1 Å². The summed E-state index contributed by atoms with van der Waals surface area (Å²) in [5.74, 6) is 0.125. The molecule has 0 unspecified atom stereocenters. The van der Waals surface area contributed by atoms with E-state index in [1.165, 1.54) is 0 Å². The van der Waals surface area contributed by atoms with Crippen molar-refractivity contribution >= 4 is 5.91 Å². The molecule has 2 aromatic rings. The Hall–Kier alpha value is -2.14. The van der Waals surface area contributed by atoms with Crippen molar-refractivity contribution in [2.45, 2.75) is 19.4 Å². The van der Waals surface area contributed by atoms with Crippen molar-refractivity contribution in [3.63, 3.8) is 0 Å². The summed E-state index contributed by atoms with van der Waals surface area (Å²) in [5.41, 5.74) is 7.65. The molecule has 1 aromatic heterocycles. The van der Waals surface area contributed by atoms with Gasteiger partial charge in [-0.1, -0.05) is 30.3 Å². The van der Waals surface area contributed by atoms with Crippen LogP contribution < -0.4 is 5.73 Å². The van der Waals surface area contributed by atoms with Crippen LogP contribution in [-0.2, 0) is 11.3 Å². The van der Waals surface area contributed by atoms with Gasteiger partial charge in [0.2, 0.25) is 5.91 Å². The standard InChI is InChI=1S/C16H22N4O/c1-19(10-5-9-17)16(21)8-11-20-13-15(12-18-20)14-6-3-2-4-7-14/h2-4,6-7,12-13H,5,8-11,17H2,1H3. The highest BCUT2D eigenvalue weighted by Crippen LogP contribution is 2.17. The number of rotatable bonds is 7. The van der Waals surface area contributed by atoms with Crippen LogP contribution in [0.3, 0.4) is 0 Å². The highest BCUT2D eigenvalue weighted by molar-refractivity contribution is 5.75. The van der Waals surface area contributed by atoms with Gasteiger partial charge in [-0.25, -0.2) is 0 Å². The van der Waals surface area contributed by atoms with Crippen LogP contribution in [0.2, 0.25) is 0 Å². The number of hydrogen-bond acceptors (Lipinski definition) is 3. The van der Waals surface area contributed by atoms with Crippen molar-refractivity contribution in [2.75, 3.05) is 20.1 Å². The first kappa shape index (κ1) is 15.3. The van der Waals surface area contributed by atoms with E-state index >= 15 is 0 Å². The maximum absolute atomic E-state index is 11.9. The number of nitrogens with two attached hydrogens (primary N) is 1. The molecule has 0 saturated carbocycles. The predicted octanol–water partition coefficient (Wildman–Crippen LogP) is 1.75. The first-order valence-corrected chi connectivity index (χ1v) is 7.22. The van der Waals surface area contributed by atoms with Gasteiger partial charge in [-0.05, 0) is 18.5 Å². The summed E-state index contributed by atoms with van der Waals surface area (Å²) < 4.78 is 1.82. The Balaban J connectivity index is 1.87. The molecule has 5 nitrogen and oxygen atoms in total. The molecule has 1 aromatic carbocycles. The minimum Gasteiger partial charge on any atom is -0.346 e. The second-order valence-electron chi connectivity index (χ2n) is 5.07. The molecule has 1 heterocycles. The molecule has 0 saturated heterocycles. The smallest absolute Gasteiger partial charge is 0.224 e. The fourth-order valence-electron chi connectivity index (χ4n) is 2.12. The summed E-state index contributed by atoms with van der Waals surface area (Å²) in [4.78, 5) is 13.7. The quantitative estimate of drug-likeness (QED) is 0.843.